The van der Waals surface area contributed by atoms with Gasteiger partial charge in [-0.1, -0.05) is 52.6 Å². The number of hydrogen-bond acceptors (Lipinski definition) is 11. The number of benzene rings is 1. The van der Waals surface area contributed by atoms with Crippen LogP contribution in [0.4, 0.5) is 10.3 Å². The average Bonchev–Trinajstić information content (AvgIpc) is 3.34. The van der Waals surface area contributed by atoms with Crippen LogP contribution in [0.25, 0.3) is 11.0 Å². The van der Waals surface area contributed by atoms with Crippen LogP contribution in [0.2, 0.25) is 0 Å². The molecule has 0 aliphatic rings. The van der Waals surface area contributed by atoms with Gasteiger partial charge in [-0.25, -0.2) is 4.79 Å². The van der Waals surface area contributed by atoms with Crippen molar-refractivity contribution in [3.05, 3.63) is 51.3 Å². The average molecular weight is 461 g/mol. The lowest BCUT2D eigenvalue weighted by atomic mass is 10.2. The number of aromatic nitrogens is 4. The molecule has 0 aliphatic carbocycles. The fourth-order valence-electron chi connectivity index (χ4n) is 2.33. The summed E-state index contributed by atoms with van der Waals surface area (Å²) < 4.78 is 5.65. The Kier molecular flexibility index (Phi) is 5.83. The predicted molar refractivity (Wildman–Crippen MR) is 114 cm³/mol. The van der Waals surface area contributed by atoms with Crippen molar-refractivity contribution in [1.29, 1.82) is 0 Å². The number of carbonyl (C=O) groups excluding carboxylic acids is 2. The van der Waals surface area contributed by atoms with E-state index in [-0.39, 0.29) is 22.4 Å². The molecule has 4 rings (SSSR count). The second kappa shape index (κ2) is 8.69. The molecule has 0 unspecified atom stereocenters. The molecule has 3 heterocycles. The summed E-state index contributed by atoms with van der Waals surface area (Å²) >= 11 is 3.53. The van der Waals surface area contributed by atoms with Crippen LogP contribution in [0.1, 0.15) is 15.4 Å². The highest BCUT2D eigenvalue weighted by atomic mass is 32.2. The molecule has 0 aliphatic heterocycles. The van der Waals surface area contributed by atoms with E-state index in [4.69, 9.17) is 4.42 Å². The second-order valence-corrected chi connectivity index (χ2v) is 9.16. The fraction of sp³-hybridized carbons (Fsp3) is 0.118. The first-order chi connectivity index (χ1) is 14.5. The molecule has 10 nitrogen and oxygen atoms in total. The van der Waals surface area contributed by atoms with Gasteiger partial charge in [0.2, 0.25) is 16.2 Å². The number of thioether (sulfide) groups is 1. The number of fused-ring (bicyclic) bond motifs is 1. The Morgan fingerprint density at radius 3 is 2.63 bits per heavy atom. The van der Waals surface area contributed by atoms with Crippen molar-refractivity contribution < 1.29 is 14.0 Å². The normalized spacial score (nSPS) is 10.8. The summed E-state index contributed by atoms with van der Waals surface area (Å²) in [5.41, 5.74) is -0.477. The number of nitrogens with zero attached hydrogens (tertiary/aromatic N) is 4. The Balaban J connectivity index is 1.37. The van der Waals surface area contributed by atoms with Crippen molar-refractivity contribution in [2.45, 2.75) is 11.3 Å². The van der Waals surface area contributed by atoms with Gasteiger partial charge >= 0.3 is 5.63 Å². The van der Waals surface area contributed by atoms with Gasteiger partial charge in [0.1, 0.15) is 16.2 Å². The van der Waals surface area contributed by atoms with Crippen LogP contribution in [0.15, 0.2) is 43.9 Å². The van der Waals surface area contributed by atoms with E-state index in [0.717, 1.165) is 28.1 Å². The topological polar surface area (TPSA) is 140 Å². The van der Waals surface area contributed by atoms with Crippen molar-refractivity contribution in [2.24, 2.45) is 0 Å². The van der Waals surface area contributed by atoms with E-state index in [9.17, 15) is 14.4 Å². The van der Waals surface area contributed by atoms with Gasteiger partial charge in [-0.3, -0.25) is 20.2 Å². The Morgan fingerprint density at radius 2 is 1.83 bits per heavy atom. The molecule has 0 fully saturated rings. The molecular formula is C17H12N6O4S3. The number of para-hydroxylation sites is 1. The van der Waals surface area contributed by atoms with Gasteiger partial charge in [0.15, 0.2) is 4.34 Å². The number of anilines is 2. The molecule has 0 radical (unpaired) electrons. The van der Waals surface area contributed by atoms with Gasteiger partial charge in [0.05, 0.1) is 5.75 Å². The molecule has 0 saturated heterocycles. The van der Waals surface area contributed by atoms with Gasteiger partial charge in [-0.2, -0.15) is 0 Å². The SMILES string of the molecule is Cc1nnc(NC(=O)CSc2nnc(NC(=O)c3cc4ccccc4oc3=O)s2)s1. The van der Waals surface area contributed by atoms with Crippen molar-refractivity contribution in [2.75, 3.05) is 16.4 Å². The zero-order chi connectivity index (χ0) is 21.1. The summed E-state index contributed by atoms with van der Waals surface area (Å²) in [6.07, 6.45) is 0. The first-order valence-electron chi connectivity index (χ1n) is 8.38. The van der Waals surface area contributed by atoms with Crippen LogP contribution in [0.5, 0.6) is 0 Å². The van der Waals surface area contributed by atoms with E-state index in [2.05, 4.69) is 31.0 Å². The minimum absolute atomic E-state index is 0.0927. The number of nitrogens with one attached hydrogen (secondary N) is 2. The molecule has 0 spiro atoms. The lowest BCUT2D eigenvalue weighted by molar-refractivity contribution is -0.113. The Hall–Kier alpha value is -3.16. The smallest absolute Gasteiger partial charge is 0.349 e. The maximum absolute atomic E-state index is 12.4. The Morgan fingerprint density at radius 1 is 1.07 bits per heavy atom. The molecule has 2 amide bonds. The molecule has 4 aromatic rings. The Labute approximate surface area is 180 Å². The standard InChI is InChI=1S/C17H12N6O4S3/c1-8-20-21-15(29-8)18-12(24)7-28-17-23-22-16(30-17)19-13(25)10-6-9-4-2-3-5-11(9)27-14(10)26/h2-6H,7H2,1H3,(H,18,21,24)(H,19,22,25). The number of carbonyl (C=O) groups is 2. The third-order valence-electron chi connectivity index (χ3n) is 3.61. The van der Waals surface area contributed by atoms with E-state index in [0.29, 0.717) is 20.4 Å². The van der Waals surface area contributed by atoms with Crippen LogP contribution >= 0.6 is 34.4 Å². The lowest BCUT2D eigenvalue weighted by Crippen LogP contribution is -2.20. The van der Waals surface area contributed by atoms with Crippen LogP contribution in [-0.2, 0) is 4.79 Å². The van der Waals surface area contributed by atoms with Crippen LogP contribution in [0, 0.1) is 6.92 Å². The first-order valence-corrected chi connectivity index (χ1v) is 11.0. The predicted octanol–water partition coefficient (Wildman–Crippen LogP) is 2.79. The van der Waals surface area contributed by atoms with Gasteiger partial charge in [-0.15, -0.1) is 20.4 Å². The lowest BCUT2D eigenvalue weighted by Gasteiger charge is -2.01. The number of hydrogen-bond donors (Lipinski definition) is 2. The quantitative estimate of drug-likeness (QED) is 0.252. The summed E-state index contributed by atoms with van der Waals surface area (Å²) in [6, 6.07) is 8.37. The zero-order valence-corrected chi connectivity index (χ0v) is 17.7. The van der Waals surface area contributed by atoms with Gasteiger partial charge in [0.25, 0.3) is 5.91 Å². The summed E-state index contributed by atoms with van der Waals surface area (Å²) in [5.74, 6) is -0.813. The summed E-state index contributed by atoms with van der Waals surface area (Å²) in [4.78, 5) is 36.5. The molecule has 0 bridgehead atoms. The zero-order valence-electron chi connectivity index (χ0n) is 15.2. The van der Waals surface area contributed by atoms with Crippen molar-refractivity contribution in [1.82, 2.24) is 20.4 Å². The van der Waals surface area contributed by atoms with Crippen molar-refractivity contribution in [3.63, 3.8) is 0 Å². The third-order valence-corrected chi connectivity index (χ3v) is 6.34. The number of amides is 2. The minimum Gasteiger partial charge on any atom is -0.422 e. The van der Waals surface area contributed by atoms with Gasteiger partial charge in [0, 0.05) is 5.39 Å². The number of aryl methyl sites for hydroxylation is 1. The first kappa shape index (κ1) is 20.1. The highest BCUT2D eigenvalue weighted by molar-refractivity contribution is 8.01. The van der Waals surface area contributed by atoms with Crippen molar-refractivity contribution >= 4 is 67.5 Å². The molecule has 152 valence electrons. The second-order valence-electron chi connectivity index (χ2n) is 5.78. The maximum atomic E-state index is 12.4. The maximum Gasteiger partial charge on any atom is 0.349 e. The van der Waals surface area contributed by atoms with E-state index in [1.54, 1.807) is 31.2 Å². The van der Waals surface area contributed by atoms with Crippen molar-refractivity contribution in [3.8, 4) is 0 Å². The third kappa shape index (κ3) is 4.69. The molecule has 2 N–H and O–H groups in total. The highest BCUT2D eigenvalue weighted by Gasteiger charge is 2.17. The largest absolute Gasteiger partial charge is 0.422 e. The number of rotatable bonds is 6. The van der Waals surface area contributed by atoms with Gasteiger partial charge in [-0.05, 0) is 19.1 Å². The molecule has 1 aromatic carbocycles. The molecule has 30 heavy (non-hydrogen) atoms. The van der Waals surface area contributed by atoms with Crippen LogP contribution in [0.3, 0.4) is 0 Å². The fourth-order valence-corrected chi connectivity index (χ4v) is 4.49. The molecule has 13 heteroatoms. The van der Waals surface area contributed by atoms with Crippen LogP contribution in [-0.4, -0.2) is 38.0 Å². The van der Waals surface area contributed by atoms with E-state index < -0.39 is 11.5 Å². The molecular weight excluding hydrogens is 448 g/mol. The molecule has 0 atom stereocenters. The van der Waals surface area contributed by atoms with E-state index in [1.807, 2.05) is 0 Å². The molecule has 0 saturated carbocycles. The summed E-state index contributed by atoms with van der Waals surface area (Å²) in [6.45, 7) is 1.79. The minimum atomic E-state index is -0.742. The molecule has 3 aromatic heterocycles. The van der Waals surface area contributed by atoms with Crippen LogP contribution < -0.4 is 16.3 Å². The summed E-state index contributed by atoms with van der Waals surface area (Å²) in [7, 11) is 0. The monoisotopic (exact) mass is 460 g/mol. The Bertz CT molecular complexity index is 1300. The van der Waals surface area contributed by atoms with E-state index in [1.165, 1.54) is 17.4 Å². The van der Waals surface area contributed by atoms with Gasteiger partial charge < -0.3 is 4.42 Å². The van der Waals surface area contributed by atoms with E-state index >= 15 is 0 Å². The summed E-state index contributed by atoms with van der Waals surface area (Å²) in [5, 5.41) is 22.6. The highest BCUT2D eigenvalue weighted by Crippen LogP contribution is 2.26.